The van der Waals surface area contributed by atoms with Crippen LogP contribution in [0, 0.1) is 0 Å². The number of fused-ring (bicyclic) bond motifs is 1. The Balaban J connectivity index is 1.48. The normalized spacial score (nSPS) is 17.4. The number of carbonyl (C=O) groups is 2. The number of hydrogen-bond donors (Lipinski definition) is 1. The van der Waals surface area contributed by atoms with Gasteiger partial charge in [-0.05, 0) is 17.9 Å². The molecule has 1 fully saturated rings. The highest BCUT2D eigenvalue weighted by molar-refractivity contribution is 5.88. The summed E-state index contributed by atoms with van der Waals surface area (Å²) in [5.41, 5.74) is 0. The first kappa shape index (κ1) is 17.2. The summed E-state index contributed by atoms with van der Waals surface area (Å²) in [7, 11) is 0. The maximum Gasteiger partial charge on any atom is 0.334 e. The van der Waals surface area contributed by atoms with Gasteiger partial charge in [0.25, 0.3) is 0 Å². The van der Waals surface area contributed by atoms with Gasteiger partial charge in [-0.3, -0.25) is 4.79 Å². The monoisotopic (exact) mass is 343 g/mol. The van der Waals surface area contributed by atoms with Crippen LogP contribution in [0.4, 0.5) is 0 Å². The second kappa shape index (κ2) is 7.98. The second-order valence-corrected chi connectivity index (χ2v) is 5.97. The molecule has 0 aliphatic carbocycles. The summed E-state index contributed by atoms with van der Waals surface area (Å²) in [4.78, 5) is 24.7. The average molecular weight is 343 g/mol. The Morgan fingerprint density at radius 1 is 1.20 bits per heavy atom. The quantitative estimate of drug-likeness (QED) is 0.815. The number of morpholine rings is 1. The summed E-state index contributed by atoms with van der Waals surface area (Å²) in [6, 6.07) is 13.9. The van der Waals surface area contributed by atoms with E-state index in [0.717, 1.165) is 16.5 Å². The van der Waals surface area contributed by atoms with Crippen LogP contribution in [0.1, 0.15) is 12.8 Å². The van der Waals surface area contributed by atoms with Crippen molar-refractivity contribution in [2.24, 2.45) is 0 Å². The molecule has 1 heterocycles. The van der Waals surface area contributed by atoms with Gasteiger partial charge in [0.15, 0.2) is 6.10 Å². The Morgan fingerprint density at radius 2 is 2.00 bits per heavy atom. The minimum atomic E-state index is -1.03. The minimum absolute atomic E-state index is 0.0592. The zero-order chi connectivity index (χ0) is 17.6. The lowest BCUT2D eigenvalue weighted by Crippen LogP contribution is -2.48. The van der Waals surface area contributed by atoms with E-state index >= 15 is 0 Å². The number of rotatable bonds is 6. The molecule has 6 heteroatoms. The fraction of sp³-hybridized carbons (Fsp3) is 0.368. The molecule has 1 atom stereocenters. The molecule has 1 unspecified atom stereocenters. The van der Waals surface area contributed by atoms with E-state index in [-0.39, 0.29) is 19.1 Å². The molecule has 0 aromatic heterocycles. The number of carboxylic acids is 1. The van der Waals surface area contributed by atoms with Crippen molar-refractivity contribution in [3.8, 4) is 5.75 Å². The molecule has 3 rings (SSSR count). The SMILES string of the molecule is O=C(O)C1CN(C(=O)CCCOc2cccc3ccccc23)CCO1. The molecule has 1 saturated heterocycles. The van der Waals surface area contributed by atoms with E-state index in [1.54, 1.807) is 4.90 Å². The first-order valence-corrected chi connectivity index (χ1v) is 8.38. The fourth-order valence-electron chi connectivity index (χ4n) is 2.91. The Morgan fingerprint density at radius 3 is 2.84 bits per heavy atom. The number of ether oxygens (including phenoxy) is 2. The van der Waals surface area contributed by atoms with E-state index in [2.05, 4.69) is 0 Å². The molecule has 0 radical (unpaired) electrons. The van der Waals surface area contributed by atoms with Crippen LogP contribution in [0.3, 0.4) is 0 Å². The first-order chi connectivity index (χ1) is 12.1. The molecule has 0 bridgehead atoms. The summed E-state index contributed by atoms with van der Waals surface area (Å²) in [5, 5.41) is 11.1. The third-order valence-corrected chi connectivity index (χ3v) is 4.24. The van der Waals surface area contributed by atoms with Gasteiger partial charge in [-0.25, -0.2) is 4.79 Å². The summed E-state index contributed by atoms with van der Waals surface area (Å²) >= 11 is 0. The molecular formula is C19H21NO5. The van der Waals surface area contributed by atoms with Gasteiger partial charge >= 0.3 is 5.97 Å². The number of carboxylic acid groups (broad SMARTS) is 1. The third kappa shape index (κ3) is 4.28. The van der Waals surface area contributed by atoms with Gasteiger partial charge in [-0.15, -0.1) is 0 Å². The van der Waals surface area contributed by atoms with Gasteiger partial charge in [0.1, 0.15) is 5.75 Å². The van der Waals surface area contributed by atoms with Crippen LogP contribution in [0.15, 0.2) is 42.5 Å². The molecule has 0 saturated carbocycles. The molecule has 6 nitrogen and oxygen atoms in total. The van der Waals surface area contributed by atoms with Crippen molar-refractivity contribution in [1.29, 1.82) is 0 Å². The predicted octanol–water partition coefficient (Wildman–Crippen LogP) is 2.31. The van der Waals surface area contributed by atoms with Gasteiger partial charge in [-0.1, -0.05) is 36.4 Å². The zero-order valence-corrected chi connectivity index (χ0v) is 13.9. The van der Waals surface area contributed by atoms with Gasteiger partial charge < -0.3 is 19.5 Å². The Hall–Kier alpha value is -2.60. The number of benzene rings is 2. The largest absolute Gasteiger partial charge is 0.493 e. The van der Waals surface area contributed by atoms with Crippen molar-refractivity contribution in [1.82, 2.24) is 4.90 Å². The van der Waals surface area contributed by atoms with Crippen LogP contribution >= 0.6 is 0 Å². The smallest absolute Gasteiger partial charge is 0.334 e. The minimum Gasteiger partial charge on any atom is -0.493 e. The highest BCUT2D eigenvalue weighted by atomic mass is 16.5. The van der Waals surface area contributed by atoms with Gasteiger partial charge in [0.2, 0.25) is 5.91 Å². The van der Waals surface area contributed by atoms with Crippen molar-refractivity contribution in [3.63, 3.8) is 0 Å². The van der Waals surface area contributed by atoms with E-state index in [1.807, 2.05) is 42.5 Å². The third-order valence-electron chi connectivity index (χ3n) is 4.24. The van der Waals surface area contributed by atoms with E-state index in [4.69, 9.17) is 14.6 Å². The molecule has 0 spiro atoms. The van der Waals surface area contributed by atoms with E-state index in [9.17, 15) is 9.59 Å². The Bertz CT molecular complexity index is 755. The van der Waals surface area contributed by atoms with Crippen LogP contribution in [0.25, 0.3) is 10.8 Å². The molecular weight excluding hydrogens is 322 g/mol. The van der Waals surface area contributed by atoms with Crippen molar-refractivity contribution in [2.45, 2.75) is 18.9 Å². The molecule has 1 aliphatic rings. The number of hydrogen-bond acceptors (Lipinski definition) is 4. The van der Waals surface area contributed by atoms with Crippen LogP contribution in [-0.2, 0) is 14.3 Å². The lowest BCUT2D eigenvalue weighted by atomic mass is 10.1. The zero-order valence-electron chi connectivity index (χ0n) is 13.9. The van der Waals surface area contributed by atoms with Crippen LogP contribution in [0.5, 0.6) is 5.75 Å². The number of aliphatic carboxylic acids is 1. The van der Waals surface area contributed by atoms with E-state index < -0.39 is 12.1 Å². The lowest BCUT2D eigenvalue weighted by molar-refractivity contribution is -0.159. The summed E-state index contributed by atoms with van der Waals surface area (Å²) < 4.78 is 11.0. The summed E-state index contributed by atoms with van der Waals surface area (Å²) in [6.07, 6.45) is -0.0153. The number of nitrogens with zero attached hydrogens (tertiary/aromatic N) is 1. The summed E-state index contributed by atoms with van der Waals surface area (Å²) in [5.74, 6) is -0.282. The highest BCUT2D eigenvalue weighted by Crippen LogP contribution is 2.25. The molecule has 1 amide bonds. The van der Waals surface area contributed by atoms with Crippen LogP contribution in [-0.4, -0.2) is 54.3 Å². The van der Waals surface area contributed by atoms with Gasteiger partial charge in [-0.2, -0.15) is 0 Å². The van der Waals surface area contributed by atoms with Gasteiger partial charge in [0, 0.05) is 18.4 Å². The van der Waals surface area contributed by atoms with E-state index in [1.165, 1.54) is 0 Å². The Labute approximate surface area is 145 Å². The van der Waals surface area contributed by atoms with Crippen molar-refractivity contribution >= 4 is 22.6 Å². The number of carbonyl (C=O) groups excluding carboxylic acids is 1. The molecule has 1 N–H and O–H groups in total. The molecule has 2 aromatic carbocycles. The molecule has 1 aliphatic heterocycles. The van der Waals surface area contributed by atoms with Crippen molar-refractivity contribution < 1.29 is 24.2 Å². The maximum absolute atomic E-state index is 12.2. The van der Waals surface area contributed by atoms with E-state index in [0.29, 0.717) is 26.0 Å². The average Bonchev–Trinajstić information content (AvgIpc) is 2.65. The molecule has 2 aromatic rings. The molecule has 132 valence electrons. The molecule has 25 heavy (non-hydrogen) atoms. The maximum atomic E-state index is 12.2. The Kier molecular flexibility index (Phi) is 5.50. The fourth-order valence-corrected chi connectivity index (χ4v) is 2.91. The topological polar surface area (TPSA) is 76.1 Å². The van der Waals surface area contributed by atoms with Gasteiger partial charge in [0.05, 0.1) is 19.8 Å². The standard InChI is InChI=1S/C19H21NO5/c21-18(20-10-12-25-17(13-20)19(22)23)9-4-11-24-16-8-3-6-14-5-1-2-7-15(14)16/h1-3,5-8,17H,4,9-13H2,(H,22,23). The summed E-state index contributed by atoms with van der Waals surface area (Å²) in [6.45, 7) is 1.24. The lowest BCUT2D eigenvalue weighted by Gasteiger charge is -2.30. The van der Waals surface area contributed by atoms with Crippen LogP contribution < -0.4 is 4.74 Å². The highest BCUT2D eigenvalue weighted by Gasteiger charge is 2.28. The van der Waals surface area contributed by atoms with Crippen molar-refractivity contribution in [3.05, 3.63) is 42.5 Å². The first-order valence-electron chi connectivity index (χ1n) is 8.38. The van der Waals surface area contributed by atoms with Crippen LogP contribution in [0.2, 0.25) is 0 Å². The second-order valence-electron chi connectivity index (χ2n) is 5.97. The number of amides is 1. The van der Waals surface area contributed by atoms with Crippen molar-refractivity contribution in [2.75, 3.05) is 26.3 Å². The predicted molar refractivity (Wildman–Crippen MR) is 92.6 cm³/mol.